The number of nitrogens with zero attached hydrogens (tertiary/aromatic N) is 2. The summed E-state index contributed by atoms with van der Waals surface area (Å²) < 4.78 is 26.6. The fourth-order valence-electron chi connectivity index (χ4n) is 1.73. The second kappa shape index (κ2) is 5.24. The Morgan fingerprint density at radius 2 is 1.90 bits per heavy atom. The van der Waals surface area contributed by atoms with Crippen LogP contribution >= 0.6 is 0 Å². The van der Waals surface area contributed by atoms with E-state index in [0.717, 1.165) is 12.0 Å². The second-order valence-electron chi connectivity index (χ2n) is 5.20. The number of aromatic amines is 1. The molecule has 0 spiro atoms. The molecule has 0 aliphatic carbocycles. The van der Waals surface area contributed by atoms with Crippen molar-refractivity contribution in [2.45, 2.75) is 37.5 Å². The highest BCUT2D eigenvalue weighted by Crippen LogP contribution is 2.27. The Labute approximate surface area is 118 Å². The van der Waals surface area contributed by atoms with E-state index in [0.29, 0.717) is 0 Å². The van der Waals surface area contributed by atoms with Crippen LogP contribution in [0.4, 0.5) is 5.95 Å². The summed E-state index contributed by atoms with van der Waals surface area (Å²) in [6, 6.07) is 6.90. The number of hydrogen-bond acceptors (Lipinski definition) is 4. The van der Waals surface area contributed by atoms with E-state index in [-0.39, 0.29) is 16.3 Å². The van der Waals surface area contributed by atoms with Crippen LogP contribution in [0.3, 0.4) is 0 Å². The van der Waals surface area contributed by atoms with E-state index in [9.17, 15) is 8.42 Å². The van der Waals surface area contributed by atoms with Crippen LogP contribution in [0.5, 0.6) is 0 Å². The van der Waals surface area contributed by atoms with Crippen LogP contribution in [0, 0.1) is 0 Å². The SMILES string of the molecule is CCC(C)(C)c1ccc(S(=O)(=O)Nc2ncn[nH]2)cc1. The molecular formula is C13H18N4O2S. The van der Waals surface area contributed by atoms with Gasteiger partial charge in [0.1, 0.15) is 6.33 Å². The molecule has 7 heteroatoms. The maximum absolute atomic E-state index is 12.1. The van der Waals surface area contributed by atoms with Crippen LogP contribution in [0.25, 0.3) is 0 Å². The standard InChI is InChI=1S/C13H18N4O2S/c1-4-13(2,3)10-5-7-11(8-6-10)20(18,19)17-12-14-9-15-16-12/h5-9H,4H2,1-3H3,(H2,14,15,16,17). The molecule has 1 aromatic heterocycles. The Morgan fingerprint density at radius 1 is 1.25 bits per heavy atom. The predicted octanol–water partition coefficient (Wildman–Crippen LogP) is 2.29. The molecule has 2 rings (SSSR count). The first kappa shape index (κ1) is 14.5. The number of sulfonamides is 1. The Kier molecular flexibility index (Phi) is 3.80. The number of nitrogens with one attached hydrogen (secondary N) is 2. The molecule has 108 valence electrons. The third-order valence-corrected chi connectivity index (χ3v) is 4.83. The van der Waals surface area contributed by atoms with E-state index < -0.39 is 10.0 Å². The number of aromatic nitrogens is 3. The number of anilines is 1. The minimum Gasteiger partial charge on any atom is -0.248 e. The summed E-state index contributed by atoms with van der Waals surface area (Å²) >= 11 is 0. The van der Waals surface area contributed by atoms with Crippen LogP contribution in [-0.4, -0.2) is 23.6 Å². The van der Waals surface area contributed by atoms with Gasteiger partial charge in [0, 0.05) is 0 Å². The fourth-order valence-corrected chi connectivity index (χ4v) is 2.70. The first-order valence-corrected chi connectivity index (χ1v) is 7.82. The highest BCUT2D eigenvalue weighted by molar-refractivity contribution is 7.92. The lowest BCUT2D eigenvalue weighted by Gasteiger charge is -2.23. The highest BCUT2D eigenvalue weighted by atomic mass is 32.2. The Hall–Kier alpha value is -1.89. The van der Waals surface area contributed by atoms with Gasteiger partial charge >= 0.3 is 0 Å². The Bertz CT molecular complexity index is 661. The van der Waals surface area contributed by atoms with Gasteiger partial charge in [0.2, 0.25) is 5.95 Å². The number of H-pyrrole nitrogens is 1. The van der Waals surface area contributed by atoms with Crippen LogP contribution in [0.2, 0.25) is 0 Å². The van der Waals surface area contributed by atoms with Crippen molar-refractivity contribution < 1.29 is 8.42 Å². The zero-order chi connectivity index (χ0) is 14.8. The van der Waals surface area contributed by atoms with Gasteiger partial charge in [0.25, 0.3) is 10.0 Å². The van der Waals surface area contributed by atoms with Gasteiger partial charge in [-0.1, -0.05) is 32.9 Å². The summed E-state index contributed by atoms with van der Waals surface area (Å²) in [6.45, 7) is 6.36. The third kappa shape index (κ3) is 2.98. The van der Waals surface area contributed by atoms with Crippen LogP contribution in [-0.2, 0) is 15.4 Å². The smallest absolute Gasteiger partial charge is 0.248 e. The molecule has 0 unspecified atom stereocenters. The van der Waals surface area contributed by atoms with E-state index in [2.05, 4.69) is 40.7 Å². The van der Waals surface area contributed by atoms with Gasteiger partial charge in [0.05, 0.1) is 4.90 Å². The molecule has 20 heavy (non-hydrogen) atoms. The van der Waals surface area contributed by atoms with Crippen molar-refractivity contribution in [2.24, 2.45) is 0 Å². The van der Waals surface area contributed by atoms with Crippen molar-refractivity contribution in [1.29, 1.82) is 0 Å². The molecule has 0 saturated heterocycles. The number of rotatable bonds is 5. The summed E-state index contributed by atoms with van der Waals surface area (Å²) in [6.07, 6.45) is 2.22. The maximum Gasteiger partial charge on any atom is 0.264 e. The fraction of sp³-hybridized carbons (Fsp3) is 0.385. The van der Waals surface area contributed by atoms with E-state index in [4.69, 9.17) is 0 Å². The zero-order valence-electron chi connectivity index (χ0n) is 11.7. The average Bonchev–Trinajstić information content (AvgIpc) is 2.91. The van der Waals surface area contributed by atoms with Gasteiger partial charge in [-0.2, -0.15) is 10.1 Å². The topological polar surface area (TPSA) is 87.7 Å². The average molecular weight is 294 g/mol. The lowest BCUT2D eigenvalue weighted by Crippen LogP contribution is -2.17. The quantitative estimate of drug-likeness (QED) is 0.885. The minimum atomic E-state index is -3.64. The molecule has 0 amide bonds. The van der Waals surface area contributed by atoms with Gasteiger partial charge in [-0.05, 0) is 29.5 Å². The first-order valence-electron chi connectivity index (χ1n) is 6.34. The van der Waals surface area contributed by atoms with E-state index in [1.807, 2.05) is 12.1 Å². The summed E-state index contributed by atoms with van der Waals surface area (Å²) in [4.78, 5) is 3.94. The van der Waals surface area contributed by atoms with Crippen LogP contribution in [0.15, 0.2) is 35.5 Å². The molecule has 0 aliphatic rings. The maximum atomic E-state index is 12.1. The monoisotopic (exact) mass is 294 g/mol. The molecule has 1 heterocycles. The van der Waals surface area contributed by atoms with Crippen molar-refractivity contribution >= 4 is 16.0 Å². The molecule has 1 aromatic carbocycles. The van der Waals surface area contributed by atoms with Gasteiger partial charge in [-0.3, -0.25) is 0 Å². The molecule has 0 saturated carbocycles. The minimum absolute atomic E-state index is 0.0284. The van der Waals surface area contributed by atoms with E-state index in [1.165, 1.54) is 6.33 Å². The van der Waals surface area contributed by atoms with Crippen molar-refractivity contribution in [2.75, 3.05) is 4.72 Å². The predicted molar refractivity (Wildman–Crippen MR) is 77.0 cm³/mol. The molecule has 0 fully saturated rings. The van der Waals surface area contributed by atoms with Gasteiger partial charge in [-0.25, -0.2) is 18.2 Å². The molecule has 2 aromatic rings. The number of benzene rings is 1. The van der Waals surface area contributed by atoms with Crippen LogP contribution < -0.4 is 4.72 Å². The third-order valence-electron chi connectivity index (χ3n) is 3.48. The van der Waals surface area contributed by atoms with Crippen molar-refractivity contribution in [3.8, 4) is 0 Å². The largest absolute Gasteiger partial charge is 0.264 e. The summed E-state index contributed by atoms with van der Waals surface area (Å²) in [5, 5.41) is 6.05. The van der Waals surface area contributed by atoms with Crippen molar-refractivity contribution in [3.05, 3.63) is 36.2 Å². The first-order chi connectivity index (χ1) is 9.35. The zero-order valence-corrected chi connectivity index (χ0v) is 12.5. The molecule has 0 radical (unpaired) electrons. The Balaban J connectivity index is 2.25. The lowest BCUT2D eigenvalue weighted by atomic mass is 9.82. The summed E-state index contributed by atoms with van der Waals surface area (Å²) in [5.41, 5.74) is 1.14. The Morgan fingerprint density at radius 3 is 2.40 bits per heavy atom. The molecule has 0 atom stereocenters. The highest BCUT2D eigenvalue weighted by Gasteiger charge is 2.20. The van der Waals surface area contributed by atoms with Crippen molar-refractivity contribution in [3.63, 3.8) is 0 Å². The summed E-state index contributed by atoms with van der Waals surface area (Å²) in [7, 11) is -3.64. The van der Waals surface area contributed by atoms with E-state index >= 15 is 0 Å². The lowest BCUT2D eigenvalue weighted by molar-refractivity contribution is 0.506. The molecule has 0 aliphatic heterocycles. The second-order valence-corrected chi connectivity index (χ2v) is 6.88. The van der Waals surface area contributed by atoms with Gasteiger partial charge < -0.3 is 0 Å². The van der Waals surface area contributed by atoms with Gasteiger partial charge in [-0.15, -0.1) is 0 Å². The van der Waals surface area contributed by atoms with Crippen LogP contribution in [0.1, 0.15) is 32.8 Å². The molecular weight excluding hydrogens is 276 g/mol. The summed E-state index contributed by atoms with van der Waals surface area (Å²) in [5.74, 6) is 0.1000. The van der Waals surface area contributed by atoms with Gasteiger partial charge in [0.15, 0.2) is 0 Å². The number of hydrogen-bond donors (Lipinski definition) is 2. The van der Waals surface area contributed by atoms with E-state index in [1.54, 1.807) is 12.1 Å². The molecule has 0 bridgehead atoms. The van der Waals surface area contributed by atoms with Crippen molar-refractivity contribution in [1.82, 2.24) is 15.2 Å². The molecule has 6 nitrogen and oxygen atoms in total. The molecule has 2 N–H and O–H groups in total. The normalized spacial score (nSPS) is 12.3.